The summed E-state index contributed by atoms with van der Waals surface area (Å²) in [6, 6.07) is 32.9. The van der Waals surface area contributed by atoms with E-state index in [1.807, 2.05) is 12.5 Å². The molecule has 0 aliphatic rings. The molecule has 1 aromatic heterocycles. The molecule has 0 radical (unpaired) electrons. The van der Waals surface area contributed by atoms with E-state index in [1.54, 1.807) is 0 Å². The SMILES string of the molecule is Cl.Cn1cncc1C[P+](c1ccccc1)(c1ccccc1)c1ccccc1.[Cl-]. The number of hydrogen-bond donors (Lipinski definition) is 0. The molecule has 0 bridgehead atoms. The largest absolute Gasteiger partial charge is 1.00 e. The van der Waals surface area contributed by atoms with Crippen molar-refractivity contribution >= 4 is 35.6 Å². The van der Waals surface area contributed by atoms with Gasteiger partial charge in [0.1, 0.15) is 29.3 Å². The highest BCUT2D eigenvalue weighted by Crippen LogP contribution is 2.57. The third-order valence-corrected chi connectivity index (χ3v) is 9.24. The highest BCUT2D eigenvalue weighted by atomic mass is 35.5. The molecule has 144 valence electrons. The molecule has 0 fully saturated rings. The normalized spacial score (nSPS) is 10.6. The summed E-state index contributed by atoms with van der Waals surface area (Å²) in [6.45, 7) is 0. The van der Waals surface area contributed by atoms with E-state index in [4.69, 9.17) is 0 Å². The van der Waals surface area contributed by atoms with E-state index in [0.717, 1.165) is 6.16 Å². The van der Waals surface area contributed by atoms with Crippen LogP contribution < -0.4 is 28.3 Å². The van der Waals surface area contributed by atoms with Gasteiger partial charge in [-0.2, -0.15) is 0 Å². The molecule has 0 N–H and O–H groups in total. The van der Waals surface area contributed by atoms with Crippen molar-refractivity contribution in [3.05, 3.63) is 109 Å². The smallest absolute Gasteiger partial charge is 0.118 e. The minimum atomic E-state index is -1.83. The second-order valence-corrected chi connectivity index (χ2v) is 9.96. The maximum absolute atomic E-state index is 4.37. The Labute approximate surface area is 179 Å². The second-order valence-electron chi connectivity index (χ2n) is 6.47. The minimum absolute atomic E-state index is 0. The zero-order valence-electron chi connectivity index (χ0n) is 15.6. The Morgan fingerprint density at radius 3 is 1.43 bits per heavy atom. The quantitative estimate of drug-likeness (QED) is 0.438. The van der Waals surface area contributed by atoms with Crippen LogP contribution in [-0.2, 0) is 13.2 Å². The summed E-state index contributed by atoms with van der Waals surface area (Å²) in [4.78, 5) is 4.37. The average Bonchev–Trinajstić information content (AvgIpc) is 3.12. The zero-order chi connectivity index (χ0) is 17.8. The summed E-state index contributed by atoms with van der Waals surface area (Å²) in [5, 5.41) is 4.20. The van der Waals surface area contributed by atoms with Crippen LogP contribution in [0.15, 0.2) is 104 Å². The topological polar surface area (TPSA) is 17.8 Å². The predicted molar refractivity (Wildman–Crippen MR) is 119 cm³/mol. The first kappa shape index (κ1) is 22.2. The van der Waals surface area contributed by atoms with Crippen LogP contribution in [0, 0.1) is 0 Å². The van der Waals surface area contributed by atoms with Crippen molar-refractivity contribution in [2.45, 2.75) is 6.16 Å². The van der Waals surface area contributed by atoms with Crippen molar-refractivity contribution in [2.75, 3.05) is 0 Å². The standard InChI is InChI=1S/C23H22N2P.2ClH/c1-25-19-24-17-20(25)18-26(21-11-5-2-6-12-21,22-13-7-3-8-14-22)23-15-9-4-10-16-23;;/h2-17,19H,18H2,1H3;2*1H/q+1;;/p-1. The summed E-state index contributed by atoms with van der Waals surface area (Å²) < 4.78 is 2.14. The molecule has 5 heteroatoms. The van der Waals surface area contributed by atoms with Gasteiger partial charge < -0.3 is 17.0 Å². The van der Waals surface area contributed by atoms with E-state index in [0.29, 0.717) is 0 Å². The molecule has 0 saturated heterocycles. The zero-order valence-corrected chi connectivity index (χ0v) is 18.1. The van der Waals surface area contributed by atoms with Gasteiger partial charge in [-0.1, -0.05) is 54.6 Å². The summed E-state index contributed by atoms with van der Waals surface area (Å²) in [5.41, 5.74) is 1.26. The fourth-order valence-electron chi connectivity index (χ4n) is 3.55. The van der Waals surface area contributed by atoms with E-state index in [9.17, 15) is 0 Å². The highest BCUT2D eigenvalue weighted by Gasteiger charge is 2.45. The third kappa shape index (κ3) is 4.15. The lowest BCUT2D eigenvalue weighted by atomic mass is 10.4. The Bertz CT molecular complexity index is 877. The van der Waals surface area contributed by atoms with Crippen molar-refractivity contribution < 1.29 is 12.4 Å². The monoisotopic (exact) mass is 428 g/mol. The Kier molecular flexibility index (Phi) is 7.83. The molecule has 0 saturated carbocycles. The van der Waals surface area contributed by atoms with Gasteiger partial charge in [0, 0.05) is 7.05 Å². The number of benzene rings is 3. The number of rotatable bonds is 5. The Morgan fingerprint density at radius 1 is 0.714 bits per heavy atom. The number of imidazole rings is 1. The second kappa shape index (κ2) is 9.89. The average molecular weight is 429 g/mol. The van der Waals surface area contributed by atoms with Crippen LogP contribution in [0.3, 0.4) is 0 Å². The van der Waals surface area contributed by atoms with Gasteiger partial charge in [0.2, 0.25) is 0 Å². The van der Waals surface area contributed by atoms with Gasteiger partial charge in [-0.05, 0) is 36.4 Å². The van der Waals surface area contributed by atoms with E-state index in [2.05, 4.69) is 108 Å². The number of nitrogens with zero attached hydrogens (tertiary/aromatic N) is 2. The summed E-state index contributed by atoms with van der Waals surface area (Å²) >= 11 is 0. The summed E-state index contributed by atoms with van der Waals surface area (Å²) in [7, 11) is 0.252. The molecule has 4 aromatic rings. The first-order valence-electron chi connectivity index (χ1n) is 8.81. The lowest BCUT2D eigenvalue weighted by molar-refractivity contribution is -0.00000537. The number of halogens is 2. The molecule has 2 nitrogen and oxygen atoms in total. The molecule has 0 aliphatic heterocycles. The lowest BCUT2D eigenvalue weighted by Gasteiger charge is -2.27. The Morgan fingerprint density at radius 2 is 1.11 bits per heavy atom. The van der Waals surface area contributed by atoms with Gasteiger partial charge in [-0.15, -0.1) is 12.4 Å². The van der Waals surface area contributed by atoms with Crippen LogP contribution in [-0.4, -0.2) is 9.55 Å². The maximum Gasteiger partial charge on any atom is 0.118 e. The molecular weight excluding hydrogens is 406 g/mol. The molecular formula is C23H23Cl2N2P. The van der Waals surface area contributed by atoms with Gasteiger partial charge in [-0.3, -0.25) is 0 Å². The van der Waals surface area contributed by atoms with Gasteiger partial charge in [0.25, 0.3) is 0 Å². The van der Waals surface area contributed by atoms with Gasteiger partial charge in [-0.25, -0.2) is 4.98 Å². The van der Waals surface area contributed by atoms with E-state index in [-0.39, 0.29) is 24.8 Å². The lowest BCUT2D eigenvalue weighted by Crippen LogP contribution is -3.00. The van der Waals surface area contributed by atoms with Crippen LogP contribution in [0.2, 0.25) is 0 Å². The van der Waals surface area contributed by atoms with Gasteiger partial charge >= 0.3 is 0 Å². The molecule has 3 aromatic carbocycles. The maximum atomic E-state index is 4.37. The van der Waals surface area contributed by atoms with Crippen LogP contribution in [0.5, 0.6) is 0 Å². The van der Waals surface area contributed by atoms with Gasteiger partial charge in [0.05, 0.1) is 18.2 Å². The summed E-state index contributed by atoms with van der Waals surface area (Å²) in [6.07, 6.45) is 4.86. The molecule has 0 amide bonds. The van der Waals surface area contributed by atoms with E-state index in [1.165, 1.54) is 21.6 Å². The summed E-state index contributed by atoms with van der Waals surface area (Å²) in [5.74, 6) is 0. The molecule has 0 aliphatic carbocycles. The van der Waals surface area contributed by atoms with Crippen molar-refractivity contribution in [1.82, 2.24) is 9.55 Å². The third-order valence-electron chi connectivity index (χ3n) is 4.91. The molecule has 1 heterocycles. The van der Waals surface area contributed by atoms with Crippen molar-refractivity contribution in [3.8, 4) is 0 Å². The van der Waals surface area contributed by atoms with Gasteiger partial charge in [0.15, 0.2) is 0 Å². The molecule has 0 atom stereocenters. The number of hydrogen-bond acceptors (Lipinski definition) is 1. The first-order chi connectivity index (χ1) is 12.8. The number of aromatic nitrogens is 2. The van der Waals surface area contributed by atoms with Crippen LogP contribution in [0.1, 0.15) is 5.69 Å². The number of aryl methyl sites for hydroxylation is 1. The molecule has 28 heavy (non-hydrogen) atoms. The highest BCUT2D eigenvalue weighted by molar-refractivity contribution is 7.95. The fraction of sp³-hybridized carbons (Fsp3) is 0.0870. The van der Waals surface area contributed by atoms with Crippen LogP contribution in [0.4, 0.5) is 0 Å². The molecule has 4 rings (SSSR count). The van der Waals surface area contributed by atoms with Crippen molar-refractivity contribution in [1.29, 1.82) is 0 Å². The van der Waals surface area contributed by atoms with E-state index < -0.39 is 7.26 Å². The molecule has 0 spiro atoms. The van der Waals surface area contributed by atoms with Crippen molar-refractivity contribution in [2.24, 2.45) is 7.05 Å². The first-order valence-corrected chi connectivity index (χ1v) is 10.8. The van der Waals surface area contributed by atoms with Crippen LogP contribution in [0.25, 0.3) is 0 Å². The Balaban J connectivity index is 0.00000140. The van der Waals surface area contributed by atoms with Crippen LogP contribution >= 0.6 is 19.7 Å². The fourth-order valence-corrected chi connectivity index (χ4v) is 7.82. The van der Waals surface area contributed by atoms with Crippen molar-refractivity contribution in [3.63, 3.8) is 0 Å². The Hall–Kier alpha value is -2.12. The predicted octanol–water partition coefficient (Wildman–Crippen LogP) is 1.34. The minimum Gasteiger partial charge on any atom is -1.00 e. The molecule has 0 unspecified atom stereocenters. The van der Waals surface area contributed by atoms with E-state index >= 15 is 0 Å².